The van der Waals surface area contributed by atoms with Crippen LogP contribution in [0.25, 0.3) is 11.3 Å². The van der Waals surface area contributed by atoms with E-state index in [4.69, 9.17) is 4.74 Å². The van der Waals surface area contributed by atoms with Crippen molar-refractivity contribution < 1.29 is 4.74 Å². The Labute approximate surface area is 113 Å². The SMILES string of the molecule is CCNc1cc(-c2ccncc2)nc(COCC)n1. The highest BCUT2D eigenvalue weighted by molar-refractivity contribution is 5.61. The van der Waals surface area contributed by atoms with Gasteiger partial charge >= 0.3 is 0 Å². The summed E-state index contributed by atoms with van der Waals surface area (Å²) in [5.74, 6) is 1.51. The van der Waals surface area contributed by atoms with Gasteiger partial charge < -0.3 is 10.1 Å². The molecule has 0 saturated heterocycles. The van der Waals surface area contributed by atoms with Gasteiger partial charge in [0.2, 0.25) is 0 Å². The first-order valence-corrected chi connectivity index (χ1v) is 6.43. The maximum Gasteiger partial charge on any atom is 0.157 e. The summed E-state index contributed by atoms with van der Waals surface area (Å²) < 4.78 is 5.38. The fourth-order valence-corrected chi connectivity index (χ4v) is 1.70. The highest BCUT2D eigenvalue weighted by Crippen LogP contribution is 2.19. The fraction of sp³-hybridized carbons (Fsp3) is 0.357. The van der Waals surface area contributed by atoms with Crippen LogP contribution in [0.15, 0.2) is 30.6 Å². The van der Waals surface area contributed by atoms with E-state index in [1.165, 1.54) is 0 Å². The minimum Gasteiger partial charge on any atom is -0.374 e. The molecule has 0 unspecified atom stereocenters. The molecule has 0 radical (unpaired) electrons. The average molecular weight is 258 g/mol. The van der Waals surface area contributed by atoms with Crippen molar-refractivity contribution in [2.75, 3.05) is 18.5 Å². The predicted molar refractivity (Wildman–Crippen MR) is 74.8 cm³/mol. The zero-order chi connectivity index (χ0) is 13.5. The Morgan fingerprint density at radius 2 is 1.95 bits per heavy atom. The molecule has 5 nitrogen and oxygen atoms in total. The van der Waals surface area contributed by atoms with E-state index < -0.39 is 0 Å². The molecule has 0 fully saturated rings. The Morgan fingerprint density at radius 1 is 1.16 bits per heavy atom. The van der Waals surface area contributed by atoms with E-state index in [0.29, 0.717) is 19.0 Å². The number of pyridine rings is 1. The molecular weight excluding hydrogens is 240 g/mol. The molecule has 0 saturated carbocycles. The van der Waals surface area contributed by atoms with Crippen molar-refractivity contribution in [1.82, 2.24) is 15.0 Å². The molecule has 0 bridgehead atoms. The largest absolute Gasteiger partial charge is 0.374 e. The highest BCUT2D eigenvalue weighted by atomic mass is 16.5. The van der Waals surface area contributed by atoms with Crippen LogP contribution in [-0.2, 0) is 11.3 Å². The lowest BCUT2D eigenvalue weighted by Crippen LogP contribution is -2.06. The normalized spacial score (nSPS) is 10.4. The smallest absolute Gasteiger partial charge is 0.157 e. The van der Waals surface area contributed by atoms with Crippen molar-refractivity contribution in [2.45, 2.75) is 20.5 Å². The molecule has 0 atom stereocenters. The Balaban J connectivity index is 2.33. The van der Waals surface area contributed by atoms with E-state index in [-0.39, 0.29) is 0 Å². The first kappa shape index (κ1) is 13.4. The van der Waals surface area contributed by atoms with Crippen LogP contribution in [0.2, 0.25) is 0 Å². The van der Waals surface area contributed by atoms with Gasteiger partial charge in [0.1, 0.15) is 12.4 Å². The van der Waals surface area contributed by atoms with Gasteiger partial charge in [0.15, 0.2) is 5.82 Å². The molecule has 0 amide bonds. The Bertz CT molecular complexity index is 516. The monoisotopic (exact) mass is 258 g/mol. The van der Waals surface area contributed by atoms with E-state index in [0.717, 1.165) is 23.6 Å². The van der Waals surface area contributed by atoms with Gasteiger partial charge in [0, 0.05) is 37.2 Å². The zero-order valence-electron chi connectivity index (χ0n) is 11.3. The van der Waals surface area contributed by atoms with Crippen molar-refractivity contribution in [3.05, 3.63) is 36.4 Å². The topological polar surface area (TPSA) is 59.9 Å². The summed E-state index contributed by atoms with van der Waals surface area (Å²) in [7, 11) is 0. The van der Waals surface area contributed by atoms with Crippen LogP contribution < -0.4 is 5.32 Å². The molecule has 2 aromatic heterocycles. The molecule has 2 rings (SSSR count). The second-order valence-electron chi connectivity index (χ2n) is 3.96. The molecule has 100 valence electrons. The highest BCUT2D eigenvalue weighted by Gasteiger charge is 2.06. The zero-order valence-corrected chi connectivity index (χ0v) is 11.3. The van der Waals surface area contributed by atoms with Crippen LogP contribution in [0.4, 0.5) is 5.82 Å². The molecule has 5 heteroatoms. The summed E-state index contributed by atoms with van der Waals surface area (Å²) >= 11 is 0. The lowest BCUT2D eigenvalue weighted by Gasteiger charge is -2.09. The van der Waals surface area contributed by atoms with Crippen molar-refractivity contribution in [2.24, 2.45) is 0 Å². The van der Waals surface area contributed by atoms with E-state index in [1.807, 2.05) is 32.0 Å². The number of hydrogen-bond acceptors (Lipinski definition) is 5. The van der Waals surface area contributed by atoms with Crippen LogP contribution in [-0.4, -0.2) is 28.1 Å². The van der Waals surface area contributed by atoms with Crippen LogP contribution >= 0.6 is 0 Å². The molecule has 0 aliphatic carbocycles. The van der Waals surface area contributed by atoms with Gasteiger partial charge in [-0.2, -0.15) is 0 Å². The molecule has 0 aromatic carbocycles. The summed E-state index contributed by atoms with van der Waals surface area (Å²) in [5, 5.41) is 3.21. The van der Waals surface area contributed by atoms with Gasteiger partial charge in [0.05, 0.1) is 5.69 Å². The third-order valence-electron chi connectivity index (χ3n) is 2.54. The lowest BCUT2D eigenvalue weighted by atomic mass is 10.2. The van der Waals surface area contributed by atoms with Crippen LogP contribution in [0.1, 0.15) is 19.7 Å². The van der Waals surface area contributed by atoms with Crippen molar-refractivity contribution in [1.29, 1.82) is 0 Å². The number of rotatable bonds is 6. The third kappa shape index (κ3) is 3.72. The summed E-state index contributed by atoms with van der Waals surface area (Å²) in [6.45, 7) is 5.89. The molecular formula is C14H18N4O. The van der Waals surface area contributed by atoms with Gasteiger partial charge in [-0.05, 0) is 26.0 Å². The molecule has 0 aliphatic heterocycles. The maximum atomic E-state index is 5.38. The quantitative estimate of drug-likeness (QED) is 0.862. The van der Waals surface area contributed by atoms with Gasteiger partial charge in [-0.25, -0.2) is 9.97 Å². The second-order valence-corrected chi connectivity index (χ2v) is 3.96. The van der Waals surface area contributed by atoms with Crippen LogP contribution in [0.3, 0.4) is 0 Å². The molecule has 1 N–H and O–H groups in total. The third-order valence-corrected chi connectivity index (χ3v) is 2.54. The van der Waals surface area contributed by atoms with Crippen LogP contribution in [0, 0.1) is 0 Å². The fourth-order valence-electron chi connectivity index (χ4n) is 1.70. The number of aromatic nitrogens is 3. The number of anilines is 1. The molecule has 2 heterocycles. The summed E-state index contributed by atoms with van der Waals surface area (Å²) in [4.78, 5) is 13.0. The van der Waals surface area contributed by atoms with Gasteiger partial charge in [0.25, 0.3) is 0 Å². The van der Waals surface area contributed by atoms with Crippen molar-refractivity contribution in [3.63, 3.8) is 0 Å². The first-order valence-electron chi connectivity index (χ1n) is 6.43. The standard InChI is InChI=1S/C14H18N4O/c1-3-16-13-9-12(11-5-7-15-8-6-11)17-14(18-13)10-19-4-2/h5-9H,3-4,10H2,1-2H3,(H,16,17,18). The summed E-state index contributed by atoms with van der Waals surface area (Å²) in [5.41, 5.74) is 1.90. The molecule has 0 aliphatic rings. The molecule has 19 heavy (non-hydrogen) atoms. The lowest BCUT2D eigenvalue weighted by molar-refractivity contribution is 0.128. The van der Waals surface area contributed by atoms with Crippen molar-refractivity contribution >= 4 is 5.82 Å². The number of nitrogens with one attached hydrogen (secondary N) is 1. The Morgan fingerprint density at radius 3 is 2.63 bits per heavy atom. The Kier molecular flexibility index (Phi) is 4.80. The minimum absolute atomic E-state index is 0.424. The van der Waals surface area contributed by atoms with E-state index in [2.05, 4.69) is 20.3 Å². The van der Waals surface area contributed by atoms with Gasteiger partial charge in [-0.3, -0.25) is 4.98 Å². The molecule has 2 aromatic rings. The number of hydrogen-bond donors (Lipinski definition) is 1. The summed E-state index contributed by atoms with van der Waals surface area (Å²) in [6, 6.07) is 5.80. The summed E-state index contributed by atoms with van der Waals surface area (Å²) in [6.07, 6.45) is 3.51. The van der Waals surface area contributed by atoms with E-state index in [9.17, 15) is 0 Å². The van der Waals surface area contributed by atoms with Crippen LogP contribution in [0.5, 0.6) is 0 Å². The second kappa shape index (κ2) is 6.80. The maximum absolute atomic E-state index is 5.38. The molecule has 0 spiro atoms. The van der Waals surface area contributed by atoms with E-state index in [1.54, 1.807) is 12.4 Å². The van der Waals surface area contributed by atoms with Crippen molar-refractivity contribution in [3.8, 4) is 11.3 Å². The minimum atomic E-state index is 0.424. The predicted octanol–water partition coefficient (Wildman–Crippen LogP) is 2.51. The number of nitrogens with zero attached hydrogens (tertiary/aromatic N) is 3. The first-order chi connectivity index (χ1) is 9.33. The van der Waals surface area contributed by atoms with Gasteiger partial charge in [-0.15, -0.1) is 0 Å². The Hall–Kier alpha value is -2.01. The van der Waals surface area contributed by atoms with Gasteiger partial charge in [-0.1, -0.05) is 0 Å². The average Bonchev–Trinajstić information content (AvgIpc) is 2.46. The number of ether oxygens (including phenoxy) is 1. The van der Waals surface area contributed by atoms with E-state index >= 15 is 0 Å².